The summed E-state index contributed by atoms with van der Waals surface area (Å²) in [5, 5.41) is 6.69. The first-order valence-electron chi connectivity index (χ1n) is 11.2. The minimum absolute atomic E-state index is 0.110. The zero-order chi connectivity index (χ0) is 26.3. The van der Waals surface area contributed by atoms with E-state index in [2.05, 4.69) is 20.6 Å². The lowest BCUT2D eigenvalue weighted by Crippen LogP contribution is -2.53. The number of nitrogens with zero attached hydrogens (tertiary/aromatic N) is 1. The van der Waals surface area contributed by atoms with Crippen molar-refractivity contribution in [2.75, 3.05) is 31.5 Å². The Morgan fingerprint density at radius 1 is 1.14 bits per heavy atom. The molecule has 1 aliphatic rings. The van der Waals surface area contributed by atoms with Crippen molar-refractivity contribution in [3.63, 3.8) is 0 Å². The summed E-state index contributed by atoms with van der Waals surface area (Å²) in [7, 11) is 2.95. The molecule has 2 aromatic carbocycles. The Morgan fingerprint density at radius 2 is 1.95 bits per heavy atom. The first-order valence-corrected chi connectivity index (χ1v) is 11.6. The number of nitrogens with one attached hydrogen (secondary N) is 3. The van der Waals surface area contributed by atoms with Gasteiger partial charge >= 0.3 is 0 Å². The molecule has 0 spiro atoms. The number of rotatable bonds is 7. The van der Waals surface area contributed by atoms with Crippen LogP contribution in [0.15, 0.2) is 48.8 Å². The van der Waals surface area contributed by atoms with Crippen molar-refractivity contribution in [2.45, 2.75) is 12.5 Å². The molecule has 37 heavy (non-hydrogen) atoms. The molecule has 0 bridgehead atoms. The highest BCUT2D eigenvalue weighted by Crippen LogP contribution is 2.39. The van der Waals surface area contributed by atoms with E-state index < -0.39 is 11.4 Å². The third-order valence-electron chi connectivity index (χ3n) is 6.07. The van der Waals surface area contributed by atoms with E-state index in [9.17, 15) is 14.0 Å². The molecule has 1 aliphatic heterocycles. The lowest BCUT2D eigenvalue weighted by Gasteiger charge is -2.35. The van der Waals surface area contributed by atoms with Crippen LogP contribution in [0, 0.1) is 5.82 Å². The van der Waals surface area contributed by atoms with Crippen LogP contribution in [-0.4, -0.2) is 48.0 Å². The molecule has 0 fully saturated rings. The number of aromatic nitrogens is 2. The van der Waals surface area contributed by atoms with Gasteiger partial charge < -0.3 is 29.8 Å². The van der Waals surface area contributed by atoms with Gasteiger partial charge in [0.05, 0.1) is 47.3 Å². The summed E-state index contributed by atoms with van der Waals surface area (Å²) in [4.78, 5) is 33.6. The fourth-order valence-electron chi connectivity index (χ4n) is 4.23. The molecule has 1 amide bonds. The number of anilines is 2. The molecular formula is C26H22ClFN4O5. The minimum Gasteiger partial charge on any atom is -0.493 e. The minimum atomic E-state index is -1.05. The average Bonchev–Trinajstić information content (AvgIpc) is 3.30. The summed E-state index contributed by atoms with van der Waals surface area (Å²) in [6, 6.07) is 8.45. The molecule has 0 radical (unpaired) electrons. The number of ketones is 1. The van der Waals surface area contributed by atoms with Gasteiger partial charge in [-0.1, -0.05) is 11.6 Å². The van der Waals surface area contributed by atoms with Crippen LogP contribution in [0.1, 0.15) is 22.8 Å². The maximum atomic E-state index is 13.7. The molecule has 0 saturated heterocycles. The van der Waals surface area contributed by atoms with E-state index in [1.54, 1.807) is 19.2 Å². The number of carbonyl (C=O) groups excluding carboxylic acids is 2. The van der Waals surface area contributed by atoms with Crippen molar-refractivity contribution < 1.29 is 28.2 Å². The Hall–Kier alpha value is -4.15. The van der Waals surface area contributed by atoms with Crippen LogP contribution in [0.25, 0.3) is 11.0 Å². The molecule has 5 rings (SSSR count). The van der Waals surface area contributed by atoms with Crippen LogP contribution in [-0.2, 0) is 9.53 Å². The van der Waals surface area contributed by atoms with Crippen LogP contribution in [0.2, 0.25) is 5.02 Å². The van der Waals surface area contributed by atoms with Crippen LogP contribution >= 0.6 is 11.6 Å². The Balaban J connectivity index is 1.51. The molecule has 0 saturated carbocycles. The molecule has 1 atom stereocenters. The number of amides is 1. The van der Waals surface area contributed by atoms with Gasteiger partial charge in [-0.05, 0) is 31.2 Å². The number of H-pyrrole nitrogens is 1. The SMILES string of the molecule is COC[C@]1(C)Nc2c(cnc3[nH]cc(C(=O)c4ccc(Oc5cc(F)ccc5OC)cc4Cl)c23)NC1=O. The number of halogens is 2. The number of aromatic amines is 1. The second kappa shape index (κ2) is 9.38. The molecule has 0 aliphatic carbocycles. The van der Waals surface area contributed by atoms with Gasteiger partial charge in [0.2, 0.25) is 0 Å². The predicted molar refractivity (Wildman–Crippen MR) is 137 cm³/mol. The number of benzene rings is 2. The third kappa shape index (κ3) is 4.34. The van der Waals surface area contributed by atoms with E-state index in [0.717, 1.165) is 0 Å². The number of fused-ring (bicyclic) bond motifs is 3. The Bertz CT molecular complexity index is 1560. The molecule has 9 nitrogen and oxygen atoms in total. The molecule has 11 heteroatoms. The molecule has 4 aromatic rings. The van der Waals surface area contributed by atoms with Crippen molar-refractivity contribution in [3.05, 3.63) is 70.8 Å². The van der Waals surface area contributed by atoms with Gasteiger partial charge in [0, 0.05) is 31.0 Å². The number of carbonyl (C=O) groups is 2. The molecular weight excluding hydrogens is 503 g/mol. The first-order chi connectivity index (χ1) is 17.7. The van der Waals surface area contributed by atoms with E-state index in [1.165, 1.54) is 50.7 Å². The van der Waals surface area contributed by atoms with E-state index in [0.29, 0.717) is 39.5 Å². The second-order valence-corrected chi connectivity index (χ2v) is 9.09. The van der Waals surface area contributed by atoms with Gasteiger partial charge in [0.1, 0.15) is 22.8 Å². The van der Waals surface area contributed by atoms with Crippen LogP contribution in [0.4, 0.5) is 15.8 Å². The van der Waals surface area contributed by atoms with E-state index in [4.69, 9.17) is 25.8 Å². The lowest BCUT2D eigenvalue weighted by molar-refractivity contribution is -0.121. The quantitative estimate of drug-likeness (QED) is 0.286. The summed E-state index contributed by atoms with van der Waals surface area (Å²) in [5.41, 5.74) is 0.923. The Kier molecular flexibility index (Phi) is 6.22. The zero-order valence-corrected chi connectivity index (χ0v) is 20.8. The van der Waals surface area contributed by atoms with Gasteiger partial charge in [0.15, 0.2) is 17.3 Å². The smallest absolute Gasteiger partial charge is 0.252 e. The zero-order valence-electron chi connectivity index (χ0n) is 20.1. The van der Waals surface area contributed by atoms with Crippen molar-refractivity contribution in [2.24, 2.45) is 0 Å². The number of pyridine rings is 1. The molecule has 3 heterocycles. The van der Waals surface area contributed by atoms with Crippen molar-refractivity contribution in [3.8, 4) is 17.2 Å². The Morgan fingerprint density at radius 3 is 2.68 bits per heavy atom. The Labute approximate surface area is 215 Å². The van der Waals surface area contributed by atoms with Crippen molar-refractivity contribution in [1.82, 2.24) is 9.97 Å². The van der Waals surface area contributed by atoms with Crippen molar-refractivity contribution >= 4 is 45.7 Å². The van der Waals surface area contributed by atoms with Crippen molar-refractivity contribution in [1.29, 1.82) is 0 Å². The number of ether oxygens (including phenoxy) is 3. The topological polar surface area (TPSA) is 115 Å². The van der Waals surface area contributed by atoms with Gasteiger partial charge in [0.25, 0.3) is 5.91 Å². The molecule has 0 unspecified atom stereocenters. The largest absolute Gasteiger partial charge is 0.493 e. The second-order valence-electron chi connectivity index (χ2n) is 8.69. The highest BCUT2D eigenvalue weighted by molar-refractivity contribution is 6.36. The predicted octanol–water partition coefficient (Wildman–Crippen LogP) is 5.16. The summed E-state index contributed by atoms with van der Waals surface area (Å²) in [6.45, 7) is 1.82. The summed E-state index contributed by atoms with van der Waals surface area (Å²) < 4.78 is 29.9. The maximum Gasteiger partial charge on any atom is 0.252 e. The van der Waals surface area contributed by atoms with Crippen LogP contribution < -0.4 is 20.1 Å². The molecule has 3 N–H and O–H groups in total. The normalized spacial score (nSPS) is 16.6. The van der Waals surface area contributed by atoms with Gasteiger partial charge in [-0.25, -0.2) is 9.37 Å². The maximum absolute atomic E-state index is 13.7. The number of hydrogen-bond donors (Lipinski definition) is 3. The van der Waals surface area contributed by atoms with Gasteiger partial charge in [-0.3, -0.25) is 9.59 Å². The summed E-state index contributed by atoms with van der Waals surface area (Å²) in [6.07, 6.45) is 3.06. The highest BCUT2D eigenvalue weighted by atomic mass is 35.5. The summed E-state index contributed by atoms with van der Waals surface area (Å²) in [5.74, 6) is -0.332. The standard InChI is InChI=1S/C26H22ClFN4O5/c1-26(12-35-2)25(34)31-18-11-30-24-21(22(18)32-26)16(10-29-24)23(33)15-6-5-14(9-17(15)27)37-20-8-13(28)4-7-19(20)36-3/h4-11,32H,12H2,1-3H3,(H,29,30)(H,31,34)/t26-/m0/s1. The number of methoxy groups -OCH3 is 2. The van der Waals surface area contributed by atoms with Crippen LogP contribution in [0.3, 0.4) is 0 Å². The molecule has 190 valence electrons. The highest BCUT2D eigenvalue weighted by Gasteiger charge is 2.39. The first kappa shape index (κ1) is 24.5. The van der Waals surface area contributed by atoms with E-state index >= 15 is 0 Å². The monoisotopic (exact) mass is 524 g/mol. The summed E-state index contributed by atoms with van der Waals surface area (Å²) >= 11 is 6.49. The average molecular weight is 525 g/mol. The number of hydrogen-bond acceptors (Lipinski definition) is 7. The van der Waals surface area contributed by atoms with Gasteiger partial charge in [-0.15, -0.1) is 0 Å². The third-order valence-corrected chi connectivity index (χ3v) is 6.38. The van der Waals surface area contributed by atoms with E-state index in [1.807, 2.05) is 0 Å². The van der Waals surface area contributed by atoms with Crippen LogP contribution in [0.5, 0.6) is 17.2 Å². The lowest BCUT2D eigenvalue weighted by atomic mass is 9.96. The fraction of sp³-hybridized carbons (Fsp3) is 0.192. The van der Waals surface area contributed by atoms with Gasteiger partial charge in [-0.2, -0.15) is 0 Å². The fourth-order valence-corrected chi connectivity index (χ4v) is 4.48. The molecule has 2 aromatic heterocycles. The van der Waals surface area contributed by atoms with E-state index in [-0.39, 0.29) is 34.6 Å².